The lowest BCUT2D eigenvalue weighted by molar-refractivity contribution is -0.116. The number of carbonyl (C=O) groups excluding carboxylic acids is 1. The van der Waals surface area contributed by atoms with E-state index in [1.54, 1.807) is 47.6 Å². The van der Waals surface area contributed by atoms with E-state index in [-0.39, 0.29) is 10.8 Å². The third kappa shape index (κ3) is 3.26. The van der Waals surface area contributed by atoms with Crippen LogP contribution in [0.4, 0.5) is 5.69 Å². The summed E-state index contributed by atoms with van der Waals surface area (Å²) in [5.74, 6) is -0.0344. The third-order valence-electron chi connectivity index (χ3n) is 6.17. The number of benzene rings is 1. The average Bonchev–Trinajstić information content (AvgIpc) is 3.36. The van der Waals surface area contributed by atoms with Gasteiger partial charge in [-0.1, -0.05) is 6.08 Å². The Balaban J connectivity index is 1.62. The second kappa shape index (κ2) is 7.32. The van der Waals surface area contributed by atoms with Crippen molar-refractivity contribution < 1.29 is 13.2 Å². The number of hydrogen-bond donors (Lipinski definition) is 0. The molecule has 0 fully saturated rings. The Labute approximate surface area is 181 Å². The number of rotatable bonds is 3. The van der Waals surface area contributed by atoms with Crippen molar-refractivity contribution in [3.05, 3.63) is 59.9 Å². The van der Waals surface area contributed by atoms with Crippen molar-refractivity contribution in [2.24, 2.45) is 0 Å². The topological polar surface area (TPSA) is 75.5 Å². The summed E-state index contributed by atoms with van der Waals surface area (Å²) in [4.78, 5) is 20.5. The van der Waals surface area contributed by atoms with E-state index in [9.17, 15) is 13.2 Å². The largest absolute Gasteiger partial charge is 0.312 e. The maximum Gasteiger partial charge on any atom is 0.268 e. The molecule has 8 heteroatoms. The van der Waals surface area contributed by atoms with Gasteiger partial charge in [0.15, 0.2) is 0 Å². The monoisotopic (exact) mass is 436 g/mol. The highest BCUT2D eigenvalue weighted by Gasteiger charge is 2.27. The fourth-order valence-corrected chi connectivity index (χ4v) is 5.87. The average molecular weight is 437 g/mol. The lowest BCUT2D eigenvalue weighted by Gasteiger charge is -2.21. The van der Waals surface area contributed by atoms with Gasteiger partial charge in [-0.25, -0.2) is 12.4 Å². The molecule has 1 amide bonds. The maximum atomic E-state index is 13.6. The van der Waals surface area contributed by atoms with Crippen LogP contribution in [0.15, 0.2) is 53.7 Å². The first-order chi connectivity index (χ1) is 14.9. The predicted octanol–water partition coefficient (Wildman–Crippen LogP) is 2.90. The molecule has 5 rings (SSSR count). The Morgan fingerprint density at radius 2 is 1.97 bits per heavy atom. The quantitative estimate of drug-likeness (QED) is 0.631. The van der Waals surface area contributed by atoms with Gasteiger partial charge in [0.2, 0.25) is 5.91 Å². The van der Waals surface area contributed by atoms with Gasteiger partial charge in [0.1, 0.15) is 0 Å². The van der Waals surface area contributed by atoms with Gasteiger partial charge in [0.05, 0.1) is 15.9 Å². The highest BCUT2D eigenvalue weighted by molar-refractivity contribution is 7.90. The molecule has 0 aliphatic carbocycles. The number of hydrogen-bond acceptors (Lipinski definition) is 5. The number of nitrogens with zero attached hydrogens (tertiary/aromatic N) is 4. The SMILES string of the molecule is CC(=O)N1CCc2cc(S(=O)(=O)n3cc(C4=CCN(C)CC4)c4ncccc43)ccc21. The molecular weight excluding hydrogens is 412 g/mol. The van der Waals surface area contributed by atoms with Crippen LogP contribution in [-0.2, 0) is 21.2 Å². The van der Waals surface area contributed by atoms with Crippen LogP contribution in [0, 0.1) is 0 Å². The zero-order valence-electron chi connectivity index (χ0n) is 17.6. The zero-order valence-corrected chi connectivity index (χ0v) is 18.4. The normalized spacial score (nSPS) is 17.1. The number of carbonyl (C=O) groups is 1. The van der Waals surface area contributed by atoms with E-state index in [4.69, 9.17) is 0 Å². The van der Waals surface area contributed by atoms with Crippen LogP contribution in [0.25, 0.3) is 16.6 Å². The molecule has 0 unspecified atom stereocenters. The minimum absolute atomic E-state index is 0.0344. The zero-order chi connectivity index (χ0) is 21.8. The Bertz CT molecular complexity index is 1340. The summed E-state index contributed by atoms with van der Waals surface area (Å²) < 4.78 is 28.6. The number of fused-ring (bicyclic) bond motifs is 2. The van der Waals surface area contributed by atoms with Crippen LogP contribution in [0.1, 0.15) is 24.5 Å². The number of aromatic nitrogens is 2. The molecule has 31 heavy (non-hydrogen) atoms. The van der Waals surface area contributed by atoms with E-state index >= 15 is 0 Å². The summed E-state index contributed by atoms with van der Waals surface area (Å²) in [7, 11) is -1.75. The highest BCUT2D eigenvalue weighted by Crippen LogP contribution is 2.34. The smallest absolute Gasteiger partial charge is 0.268 e. The van der Waals surface area contributed by atoms with Gasteiger partial charge in [-0.3, -0.25) is 9.78 Å². The van der Waals surface area contributed by atoms with Crippen molar-refractivity contribution in [3.63, 3.8) is 0 Å². The fraction of sp³-hybridized carbons (Fsp3) is 0.304. The molecule has 2 aliphatic rings. The highest BCUT2D eigenvalue weighted by atomic mass is 32.2. The molecule has 0 bridgehead atoms. The standard InChI is InChI=1S/C23H24N4O3S/c1-16(28)26-13-9-18-14-19(5-6-21(18)26)31(29,30)27-15-20(17-7-11-25(2)12-8-17)23-22(27)4-3-10-24-23/h3-7,10,14-15H,8-9,11-13H2,1-2H3. The van der Waals surface area contributed by atoms with Crippen molar-refractivity contribution in [1.82, 2.24) is 13.9 Å². The predicted molar refractivity (Wildman–Crippen MR) is 121 cm³/mol. The van der Waals surface area contributed by atoms with Crippen LogP contribution in [-0.4, -0.2) is 54.9 Å². The second-order valence-electron chi connectivity index (χ2n) is 8.17. The van der Waals surface area contributed by atoms with Gasteiger partial charge < -0.3 is 9.80 Å². The molecule has 0 atom stereocenters. The fourth-order valence-electron chi connectivity index (χ4n) is 4.46. The molecule has 3 aromatic rings. The van der Waals surface area contributed by atoms with Crippen molar-refractivity contribution in [3.8, 4) is 0 Å². The minimum atomic E-state index is -3.82. The first-order valence-corrected chi connectivity index (χ1v) is 11.8. The molecule has 2 aliphatic heterocycles. The molecule has 160 valence electrons. The van der Waals surface area contributed by atoms with E-state index in [0.29, 0.717) is 24.0 Å². The third-order valence-corrected chi connectivity index (χ3v) is 7.84. The molecule has 0 saturated carbocycles. The van der Waals surface area contributed by atoms with Gasteiger partial charge in [0, 0.05) is 50.2 Å². The summed E-state index contributed by atoms with van der Waals surface area (Å²) in [6, 6.07) is 8.58. The first-order valence-electron chi connectivity index (χ1n) is 10.4. The molecule has 7 nitrogen and oxygen atoms in total. The summed E-state index contributed by atoms with van der Waals surface area (Å²) in [6.45, 7) is 3.86. The van der Waals surface area contributed by atoms with Crippen molar-refractivity contribution in [2.45, 2.75) is 24.7 Å². The van der Waals surface area contributed by atoms with Crippen LogP contribution in [0.3, 0.4) is 0 Å². The molecule has 0 saturated heterocycles. The van der Waals surface area contributed by atoms with Gasteiger partial charge in [-0.2, -0.15) is 0 Å². The second-order valence-corrected chi connectivity index (χ2v) is 9.98. The molecule has 2 aromatic heterocycles. The summed E-state index contributed by atoms with van der Waals surface area (Å²) in [5.41, 5.74) is 4.94. The summed E-state index contributed by atoms with van der Waals surface area (Å²) in [6.07, 6.45) is 7.06. The van der Waals surface area contributed by atoms with Crippen molar-refractivity contribution in [1.29, 1.82) is 0 Å². The van der Waals surface area contributed by atoms with Gasteiger partial charge >= 0.3 is 0 Å². The van der Waals surface area contributed by atoms with E-state index in [1.165, 1.54) is 10.9 Å². The van der Waals surface area contributed by atoms with Crippen molar-refractivity contribution >= 4 is 38.2 Å². The number of amides is 1. The number of pyridine rings is 1. The van der Waals surface area contributed by atoms with Crippen LogP contribution in [0.5, 0.6) is 0 Å². The van der Waals surface area contributed by atoms with Gasteiger partial charge in [-0.15, -0.1) is 0 Å². The molecule has 0 N–H and O–H groups in total. The minimum Gasteiger partial charge on any atom is -0.312 e. The van der Waals surface area contributed by atoms with E-state index in [2.05, 4.69) is 23.0 Å². The van der Waals surface area contributed by atoms with E-state index in [1.807, 2.05) is 0 Å². The van der Waals surface area contributed by atoms with Crippen LogP contribution >= 0.6 is 0 Å². The van der Waals surface area contributed by atoms with Gasteiger partial charge in [-0.05, 0) is 61.4 Å². The molecule has 0 radical (unpaired) electrons. The molecular formula is C23H24N4O3S. The Morgan fingerprint density at radius 3 is 2.71 bits per heavy atom. The lowest BCUT2D eigenvalue weighted by Crippen LogP contribution is -2.25. The molecule has 0 spiro atoms. The Morgan fingerprint density at radius 1 is 1.13 bits per heavy atom. The van der Waals surface area contributed by atoms with Crippen LogP contribution < -0.4 is 4.90 Å². The summed E-state index contributed by atoms with van der Waals surface area (Å²) >= 11 is 0. The Kier molecular flexibility index (Phi) is 4.71. The van der Waals surface area contributed by atoms with Crippen molar-refractivity contribution in [2.75, 3.05) is 31.6 Å². The van der Waals surface area contributed by atoms with E-state index < -0.39 is 10.0 Å². The van der Waals surface area contributed by atoms with E-state index in [0.717, 1.165) is 41.9 Å². The molecule has 1 aromatic carbocycles. The van der Waals surface area contributed by atoms with Gasteiger partial charge in [0.25, 0.3) is 10.0 Å². The first kappa shape index (κ1) is 20.0. The number of anilines is 1. The molecule has 4 heterocycles. The lowest BCUT2D eigenvalue weighted by atomic mass is 10.0. The number of likely N-dealkylation sites (N-methyl/N-ethyl adjacent to an activating group) is 1. The summed E-state index contributed by atoms with van der Waals surface area (Å²) in [5, 5.41) is 0. The van der Waals surface area contributed by atoms with Crippen LogP contribution in [0.2, 0.25) is 0 Å². The maximum absolute atomic E-state index is 13.6. The Hall–Kier alpha value is -2.97.